The lowest BCUT2D eigenvalue weighted by Crippen LogP contribution is -2.53. The molecule has 1 fully saturated rings. The topological polar surface area (TPSA) is 378 Å². The van der Waals surface area contributed by atoms with Gasteiger partial charge in [0.1, 0.15) is 29.4 Å². The number of aliphatic imine (C=N–C) groups is 1. The Morgan fingerprint density at radius 3 is 2.11 bits per heavy atom. The van der Waals surface area contributed by atoms with Gasteiger partial charge in [0.05, 0.1) is 75.1 Å². The van der Waals surface area contributed by atoms with Gasteiger partial charge in [0.25, 0.3) is 0 Å². The van der Waals surface area contributed by atoms with E-state index in [0.29, 0.717) is 43.4 Å². The standard InChI is InChI=1S/C58H86F3N9O14S/c1-36-27-38(29-42(28-36)58(59,60)61)34-84-50-16-9-22-70(52(50)39-11-4-3-5-12-39)33-44(72)14-10-23-82-25-26-83-24-19-43(71)30-40(13-8-21-66-57(64)65)49(74)31-41(32-51(75)76)54(78)68-46(15-6-7-20-62)48(73)18-17-45(63)55(79)67-37(2)53(77)69-47(35-85)56(80)81/h3-5,11-12,27-29,37,40-41,45-47,50,52,85H,6-10,13-26,30-35,62-63H2,1-2H3,(H,67,79)(H,68,78)(H,69,77)(H,75,76)(H,80,81)(H4,64,65,66)/t37-,40?,41-,45-,46?,47-,50-,52-/m0/s1. The number of carbonyl (C=O) groups excluding carboxylic acids is 7. The Labute approximate surface area is 499 Å². The number of carboxylic acids is 2. The Balaban J connectivity index is 1.51. The number of aliphatic carboxylic acids is 2. The van der Waals surface area contributed by atoms with E-state index >= 15 is 0 Å². The number of Topliss-reactive ketones (excluding diaryl/α,β-unsaturated/α-hetero) is 4. The van der Waals surface area contributed by atoms with Crippen LogP contribution >= 0.6 is 12.6 Å². The number of ether oxygens (including phenoxy) is 3. The predicted octanol–water partition coefficient (Wildman–Crippen LogP) is 3.48. The number of rotatable bonds is 43. The molecule has 3 rings (SSSR count). The molecule has 27 heteroatoms. The first-order valence-electron chi connectivity index (χ1n) is 28.6. The number of hydrogen-bond donors (Lipinski definition) is 10. The molecule has 1 saturated heterocycles. The van der Waals surface area contributed by atoms with E-state index in [-0.39, 0.29) is 139 Å². The van der Waals surface area contributed by atoms with Crippen LogP contribution in [0.25, 0.3) is 0 Å². The number of nitrogens with one attached hydrogen (secondary N) is 3. The number of guanidine groups is 1. The van der Waals surface area contributed by atoms with Crippen LogP contribution in [-0.2, 0) is 70.1 Å². The van der Waals surface area contributed by atoms with Crippen molar-refractivity contribution in [3.05, 3.63) is 70.8 Å². The van der Waals surface area contributed by atoms with Crippen molar-refractivity contribution in [2.45, 2.75) is 159 Å². The number of carbonyl (C=O) groups is 9. The number of halogens is 3. The van der Waals surface area contributed by atoms with Crippen molar-refractivity contribution in [1.29, 1.82) is 0 Å². The minimum absolute atomic E-state index is 0.0142. The molecule has 0 bridgehead atoms. The zero-order valence-corrected chi connectivity index (χ0v) is 49.4. The van der Waals surface area contributed by atoms with Crippen molar-refractivity contribution < 1.29 is 80.7 Å². The average molecular weight is 1220 g/mol. The SMILES string of the molecule is Cc1cc(CO[C@H]2CCCN(CC(=O)CCCOCCOCCC(=O)CC(CCCN=C(N)N)C(=O)C[C@@H](CC(=O)O)C(=O)NC(CCCCN)C(=O)CC[C@H](N)C(=O)N[C@@H](C)C(=O)N[C@@H](CS)C(=O)O)[C@H]2c2ccccc2)cc(C(F)(F)F)c1. The summed E-state index contributed by atoms with van der Waals surface area (Å²) in [4.78, 5) is 122. The highest BCUT2D eigenvalue weighted by molar-refractivity contribution is 7.80. The van der Waals surface area contributed by atoms with Gasteiger partial charge in [-0.3, -0.25) is 48.2 Å². The van der Waals surface area contributed by atoms with Crippen LogP contribution in [0.3, 0.4) is 0 Å². The zero-order chi connectivity index (χ0) is 63.1. The van der Waals surface area contributed by atoms with Gasteiger partial charge in [-0.2, -0.15) is 25.8 Å². The molecule has 0 radical (unpaired) electrons. The summed E-state index contributed by atoms with van der Waals surface area (Å²) in [6, 6.07) is 8.15. The number of unbranched alkanes of at least 4 members (excludes halogenated alkanes) is 1. The molecule has 3 amide bonds. The first kappa shape index (κ1) is 72.9. The number of piperidine rings is 1. The molecule has 2 aromatic rings. The van der Waals surface area contributed by atoms with Crippen LogP contribution in [0.4, 0.5) is 13.2 Å². The number of carboxylic acid groups (broad SMARTS) is 2. The number of ketones is 4. The van der Waals surface area contributed by atoms with Crippen molar-refractivity contribution in [2.24, 2.45) is 39.8 Å². The minimum Gasteiger partial charge on any atom is -0.481 e. The number of likely N-dealkylation sites (tertiary alicyclic amines) is 1. The zero-order valence-electron chi connectivity index (χ0n) is 48.5. The van der Waals surface area contributed by atoms with Crippen molar-refractivity contribution in [3.8, 4) is 0 Å². The maximum atomic E-state index is 13.9. The van der Waals surface area contributed by atoms with Crippen molar-refractivity contribution in [3.63, 3.8) is 0 Å². The molecule has 2 aromatic carbocycles. The van der Waals surface area contributed by atoms with Crippen LogP contribution in [0.2, 0.25) is 0 Å². The van der Waals surface area contributed by atoms with Gasteiger partial charge in [0, 0.05) is 56.9 Å². The lowest BCUT2D eigenvalue weighted by Gasteiger charge is -2.41. The number of aryl methyl sites for hydroxylation is 1. The summed E-state index contributed by atoms with van der Waals surface area (Å²) in [5, 5.41) is 26.2. The molecule has 1 aliphatic heterocycles. The number of alkyl halides is 3. The smallest absolute Gasteiger partial charge is 0.416 e. The summed E-state index contributed by atoms with van der Waals surface area (Å²) in [7, 11) is 0. The van der Waals surface area contributed by atoms with E-state index in [0.717, 1.165) is 24.1 Å². The second-order valence-corrected chi connectivity index (χ2v) is 21.6. The summed E-state index contributed by atoms with van der Waals surface area (Å²) < 4.78 is 58.3. The first-order valence-corrected chi connectivity index (χ1v) is 29.3. The van der Waals surface area contributed by atoms with Crippen LogP contribution in [-0.4, -0.2) is 162 Å². The fourth-order valence-corrected chi connectivity index (χ4v) is 9.95. The highest BCUT2D eigenvalue weighted by Crippen LogP contribution is 2.35. The lowest BCUT2D eigenvalue weighted by molar-refractivity contribution is -0.143. The van der Waals surface area contributed by atoms with Gasteiger partial charge >= 0.3 is 18.1 Å². The maximum absolute atomic E-state index is 13.9. The Morgan fingerprint density at radius 2 is 1.46 bits per heavy atom. The van der Waals surface area contributed by atoms with Crippen LogP contribution in [0.15, 0.2) is 53.5 Å². The number of nitrogens with two attached hydrogens (primary N) is 4. The molecule has 1 aliphatic rings. The molecule has 0 aromatic heterocycles. The minimum atomic E-state index is -4.49. The molecular weight excluding hydrogens is 1140 g/mol. The van der Waals surface area contributed by atoms with Gasteiger partial charge in [-0.1, -0.05) is 42.0 Å². The largest absolute Gasteiger partial charge is 0.481 e. The summed E-state index contributed by atoms with van der Waals surface area (Å²) in [6.45, 7) is 4.58. The van der Waals surface area contributed by atoms with E-state index in [1.54, 1.807) is 13.0 Å². The summed E-state index contributed by atoms with van der Waals surface area (Å²) in [6.07, 6.45) is -3.79. The quantitative estimate of drug-likeness (QED) is 0.0197. The van der Waals surface area contributed by atoms with Crippen LogP contribution in [0.5, 0.6) is 0 Å². The Hall–Kier alpha value is -6.36. The number of thiol groups is 1. The second kappa shape index (κ2) is 38.6. The number of nitrogens with zero attached hydrogens (tertiary/aromatic N) is 2. The molecule has 8 atom stereocenters. The third-order valence-electron chi connectivity index (χ3n) is 14.2. The van der Waals surface area contributed by atoms with E-state index in [2.05, 4.69) is 38.5 Å². The van der Waals surface area contributed by atoms with E-state index < -0.39 is 102 Å². The average Bonchev–Trinajstić information content (AvgIpc) is 3.56. The Morgan fingerprint density at radius 1 is 0.765 bits per heavy atom. The molecule has 23 nitrogen and oxygen atoms in total. The molecular formula is C58H86F3N9O14S. The van der Waals surface area contributed by atoms with Crippen molar-refractivity contribution in [1.82, 2.24) is 20.9 Å². The number of benzene rings is 2. The molecule has 0 aliphatic carbocycles. The first-order chi connectivity index (χ1) is 40.3. The third-order valence-corrected chi connectivity index (χ3v) is 14.5. The fourth-order valence-electron chi connectivity index (χ4n) is 9.70. The Bertz CT molecular complexity index is 2530. The van der Waals surface area contributed by atoms with E-state index in [4.69, 9.17) is 37.1 Å². The van der Waals surface area contributed by atoms with Crippen LogP contribution < -0.4 is 38.9 Å². The van der Waals surface area contributed by atoms with E-state index in [1.165, 1.54) is 6.92 Å². The van der Waals surface area contributed by atoms with Gasteiger partial charge in [0.2, 0.25) is 17.7 Å². The van der Waals surface area contributed by atoms with Gasteiger partial charge in [-0.25, -0.2) is 4.79 Å². The van der Waals surface area contributed by atoms with Crippen LogP contribution in [0, 0.1) is 18.8 Å². The molecule has 474 valence electrons. The normalized spacial score (nSPS) is 16.6. The highest BCUT2D eigenvalue weighted by atomic mass is 32.1. The Kier molecular flexibility index (Phi) is 33.1. The van der Waals surface area contributed by atoms with Crippen molar-refractivity contribution in [2.75, 3.05) is 58.4 Å². The molecule has 0 saturated carbocycles. The maximum Gasteiger partial charge on any atom is 0.416 e. The van der Waals surface area contributed by atoms with E-state index in [9.17, 15) is 66.5 Å². The molecule has 85 heavy (non-hydrogen) atoms. The molecule has 13 N–H and O–H groups in total. The molecule has 1 heterocycles. The van der Waals surface area contributed by atoms with Crippen LogP contribution in [0.1, 0.15) is 132 Å². The van der Waals surface area contributed by atoms with E-state index in [1.807, 2.05) is 30.3 Å². The number of hydrogen-bond acceptors (Lipinski definition) is 17. The second-order valence-electron chi connectivity index (χ2n) is 21.3. The summed E-state index contributed by atoms with van der Waals surface area (Å²) in [5.41, 5.74) is 23.7. The van der Waals surface area contributed by atoms with Gasteiger partial charge in [-0.15, -0.1) is 0 Å². The van der Waals surface area contributed by atoms with Gasteiger partial charge in [-0.05, 0) is 108 Å². The van der Waals surface area contributed by atoms with Gasteiger partial charge < -0.3 is 63.3 Å². The number of amides is 3. The summed E-state index contributed by atoms with van der Waals surface area (Å²) >= 11 is 3.89. The monoisotopic (exact) mass is 1220 g/mol. The molecule has 0 spiro atoms. The third kappa shape index (κ3) is 28.1. The molecule has 2 unspecified atom stereocenters. The highest BCUT2D eigenvalue weighted by Gasteiger charge is 2.36. The predicted molar refractivity (Wildman–Crippen MR) is 312 cm³/mol. The fraction of sp³-hybridized carbons (Fsp3) is 0.621. The lowest BCUT2D eigenvalue weighted by atomic mass is 9.85. The van der Waals surface area contributed by atoms with Gasteiger partial charge in [0.15, 0.2) is 11.7 Å². The summed E-state index contributed by atoms with van der Waals surface area (Å²) in [5.74, 6) is -9.56. The van der Waals surface area contributed by atoms with Crippen molar-refractivity contribution >= 4 is 71.4 Å².